The van der Waals surface area contributed by atoms with Crippen molar-refractivity contribution in [3.8, 4) is 22.3 Å². The van der Waals surface area contributed by atoms with Crippen LogP contribution in [0.4, 0.5) is 8.78 Å². The molecule has 0 fully saturated rings. The first-order chi connectivity index (χ1) is 17.0. The minimum Gasteiger partial charge on any atom is -0.346 e. The number of aromatic nitrogens is 6. The van der Waals surface area contributed by atoms with Crippen molar-refractivity contribution in [2.24, 2.45) is 0 Å². The fourth-order valence-electron chi connectivity index (χ4n) is 4.59. The molecule has 0 aliphatic carbocycles. The zero-order valence-electron chi connectivity index (χ0n) is 18.9. The van der Waals surface area contributed by atoms with Crippen molar-refractivity contribution in [2.45, 2.75) is 19.5 Å². The van der Waals surface area contributed by atoms with Gasteiger partial charge in [-0.15, -0.1) is 0 Å². The maximum absolute atomic E-state index is 12.5. The van der Waals surface area contributed by atoms with Gasteiger partial charge < -0.3 is 10.3 Å². The Labute approximate surface area is 198 Å². The average molecular weight is 476 g/mol. The SMILES string of the molecule is CN1CCn2ncc(-c3cnc4[nH]cc(-c5ccn6ncc(C(=O)NCC(F)F)c6c5)c4c3)c2C1. The molecule has 1 aliphatic rings. The molecule has 5 aromatic heterocycles. The zero-order chi connectivity index (χ0) is 24.1. The summed E-state index contributed by atoms with van der Waals surface area (Å²) in [5, 5.41) is 11.9. The number of halogens is 2. The summed E-state index contributed by atoms with van der Waals surface area (Å²) in [7, 11) is 2.10. The predicted molar refractivity (Wildman–Crippen MR) is 126 cm³/mol. The molecule has 2 N–H and O–H groups in total. The molecule has 0 bridgehead atoms. The summed E-state index contributed by atoms with van der Waals surface area (Å²) < 4.78 is 28.7. The molecule has 5 aromatic rings. The Morgan fingerprint density at radius 3 is 2.89 bits per heavy atom. The Hall–Kier alpha value is -4.12. The Balaban J connectivity index is 1.40. The van der Waals surface area contributed by atoms with Gasteiger partial charge in [-0.2, -0.15) is 10.2 Å². The maximum Gasteiger partial charge on any atom is 0.255 e. The van der Waals surface area contributed by atoms with E-state index in [9.17, 15) is 13.6 Å². The topological polar surface area (TPSA) is 96.1 Å². The summed E-state index contributed by atoms with van der Waals surface area (Å²) in [6.07, 6.45) is 6.13. The number of nitrogens with zero attached hydrogens (tertiary/aromatic N) is 6. The third-order valence-corrected chi connectivity index (χ3v) is 6.40. The molecule has 9 nitrogen and oxygen atoms in total. The molecule has 178 valence electrons. The summed E-state index contributed by atoms with van der Waals surface area (Å²) >= 11 is 0. The molecule has 0 unspecified atom stereocenters. The summed E-state index contributed by atoms with van der Waals surface area (Å²) in [5.74, 6) is -0.587. The van der Waals surface area contributed by atoms with Crippen LogP contribution >= 0.6 is 0 Å². The van der Waals surface area contributed by atoms with Gasteiger partial charge in [0.2, 0.25) is 0 Å². The number of fused-ring (bicyclic) bond motifs is 3. The van der Waals surface area contributed by atoms with Crippen LogP contribution in [-0.4, -0.2) is 66.7 Å². The molecular formula is C24H22F2N8O. The van der Waals surface area contributed by atoms with Crippen LogP contribution < -0.4 is 5.32 Å². The van der Waals surface area contributed by atoms with Crippen molar-refractivity contribution in [3.05, 3.63) is 60.4 Å². The monoisotopic (exact) mass is 476 g/mol. The largest absolute Gasteiger partial charge is 0.346 e. The fourth-order valence-corrected chi connectivity index (χ4v) is 4.59. The quantitative estimate of drug-likeness (QED) is 0.406. The number of aromatic amines is 1. The standard InChI is InChI=1S/C24H22F2N8O/c1-32-4-5-34-21(13-32)18(10-30-34)15-6-16-17(9-28-23(16)27-8-15)14-2-3-33-20(7-14)19(11-31-33)24(35)29-12-22(25)26/h2-3,6-11,22H,4-5,12-13H2,1H3,(H,27,28)(H,29,35). The molecule has 0 spiro atoms. The van der Waals surface area contributed by atoms with Gasteiger partial charge in [0.15, 0.2) is 0 Å². The van der Waals surface area contributed by atoms with Gasteiger partial charge in [0, 0.05) is 53.8 Å². The fraction of sp³-hybridized carbons (Fsp3) is 0.250. The van der Waals surface area contributed by atoms with Gasteiger partial charge in [0.1, 0.15) is 5.65 Å². The minimum absolute atomic E-state index is 0.238. The summed E-state index contributed by atoms with van der Waals surface area (Å²) in [6, 6.07) is 5.82. The van der Waals surface area contributed by atoms with Crippen molar-refractivity contribution >= 4 is 22.5 Å². The lowest BCUT2D eigenvalue weighted by Gasteiger charge is -2.24. The minimum atomic E-state index is -2.62. The summed E-state index contributed by atoms with van der Waals surface area (Å²) in [5.41, 5.74) is 6.47. The maximum atomic E-state index is 12.5. The molecule has 0 saturated carbocycles. The van der Waals surface area contributed by atoms with Crippen molar-refractivity contribution < 1.29 is 13.6 Å². The molecule has 0 radical (unpaired) electrons. The molecule has 11 heteroatoms. The first-order valence-corrected chi connectivity index (χ1v) is 11.2. The van der Waals surface area contributed by atoms with Gasteiger partial charge in [-0.05, 0) is 30.8 Å². The number of rotatable bonds is 5. The van der Waals surface area contributed by atoms with Crippen LogP contribution in [0, 0.1) is 0 Å². The van der Waals surface area contributed by atoms with E-state index in [0.29, 0.717) is 5.52 Å². The molecule has 1 aliphatic heterocycles. The number of hydrogen-bond acceptors (Lipinski definition) is 5. The smallest absolute Gasteiger partial charge is 0.255 e. The Morgan fingerprint density at radius 1 is 1.14 bits per heavy atom. The van der Waals surface area contributed by atoms with Gasteiger partial charge in [-0.1, -0.05) is 0 Å². The van der Waals surface area contributed by atoms with E-state index < -0.39 is 18.9 Å². The van der Waals surface area contributed by atoms with Crippen molar-refractivity contribution in [1.29, 1.82) is 0 Å². The van der Waals surface area contributed by atoms with E-state index in [1.54, 1.807) is 10.7 Å². The van der Waals surface area contributed by atoms with Crippen molar-refractivity contribution in [2.75, 3.05) is 20.1 Å². The molecule has 6 rings (SSSR count). The van der Waals surface area contributed by atoms with Gasteiger partial charge in [-0.3, -0.25) is 14.4 Å². The highest BCUT2D eigenvalue weighted by molar-refractivity contribution is 6.02. The van der Waals surface area contributed by atoms with Crippen LogP contribution in [0.2, 0.25) is 0 Å². The Morgan fingerprint density at radius 2 is 2.03 bits per heavy atom. The number of likely N-dealkylation sites (N-methyl/N-ethyl adjacent to an activating group) is 1. The molecule has 35 heavy (non-hydrogen) atoms. The molecule has 0 saturated heterocycles. The van der Waals surface area contributed by atoms with Gasteiger partial charge in [0.25, 0.3) is 12.3 Å². The molecule has 1 amide bonds. The van der Waals surface area contributed by atoms with Gasteiger partial charge in [-0.25, -0.2) is 18.3 Å². The van der Waals surface area contributed by atoms with Crippen LogP contribution in [0.15, 0.2) is 49.2 Å². The lowest BCUT2D eigenvalue weighted by molar-refractivity contribution is 0.0893. The van der Waals surface area contributed by atoms with Gasteiger partial charge >= 0.3 is 0 Å². The van der Waals surface area contributed by atoms with E-state index in [1.165, 1.54) is 6.20 Å². The molecule has 0 atom stereocenters. The van der Waals surface area contributed by atoms with Crippen molar-refractivity contribution in [1.82, 2.24) is 39.6 Å². The second kappa shape index (κ2) is 8.27. The highest BCUT2D eigenvalue weighted by Crippen LogP contribution is 2.33. The third kappa shape index (κ3) is 3.73. The first-order valence-electron chi connectivity index (χ1n) is 11.2. The van der Waals surface area contributed by atoms with Crippen LogP contribution in [-0.2, 0) is 13.1 Å². The third-order valence-electron chi connectivity index (χ3n) is 6.40. The van der Waals surface area contributed by atoms with Crippen molar-refractivity contribution in [3.63, 3.8) is 0 Å². The highest BCUT2D eigenvalue weighted by atomic mass is 19.3. The molecule has 0 aromatic carbocycles. The number of pyridine rings is 2. The Bertz CT molecular complexity index is 1570. The van der Waals surface area contributed by atoms with Crippen LogP contribution in [0.1, 0.15) is 16.1 Å². The Kier molecular flexibility index (Phi) is 5.06. The normalized spacial score (nSPS) is 14.2. The molecule has 6 heterocycles. The van der Waals surface area contributed by atoms with Crippen LogP contribution in [0.3, 0.4) is 0 Å². The van der Waals surface area contributed by atoms with Gasteiger partial charge in [0.05, 0.1) is 42.3 Å². The number of nitrogens with one attached hydrogen (secondary N) is 2. The van der Waals surface area contributed by atoms with E-state index in [2.05, 4.69) is 43.5 Å². The lowest BCUT2D eigenvalue weighted by atomic mass is 10.0. The van der Waals surface area contributed by atoms with E-state index in [-0.39, 0.29) is 5.56 Å². The van der Waals surface area contributed by atoms with E-state index >= 15 is 0 Å². The number of H-pyrrole nitrogens is 1. The number of alkyl halides is 2. The average Bonchev–Trinajstić information content (AvgIpc) is 3.57. The van der Waals surface area contributed by atoms with E-state index in [0.717, 1.165) is 58.6 Å². The lowest BCUT2D eigenvalue weighted by Crippen LogP contribution is -2.30. The molecular weight excluding hydrogens is 454 g/mol. The number of hydrogen-bond donors (Lipinski definition) is 2. The number of carbonyl (C=O) groups excluding carboxylic acids is 1. The highest BCUT2D eigenvalue weighted by Gasteiger charge is 2.20. The zero-order valence-corrected chi connectivity index (χ0v) is 18.9. The predicted octanol–water partition coefficient (Wildman–Crippen LogP) is 3.18. The second-order valence-electron chi connectivity index (χ2n) is 8.69. The van der Waals surface area contributed by atoms with E-state index in [1.807, 2.05) is 35.4 Å². The van der Waals surface area contributed by atoms with E-state index in [4.69, 9.17) is 0 Å². The summed E-state index contributed by atoms with van der Waals surface area (Å²) in [4.78, 5) is 22.5. The number of amides is 1. The first kappa shape index (κ1) is 21.4. The van der Waals surface area contributed by atoms with Crippen LogP contribution in [0.5, 0.6) is 0 Å². The number of carbonyl (C=O) groups is 1. The summed E-state index contributed by atoms with van der Waals surface area (Å²) in [6.45, 7) is 1.94. The van der Waals surface area contributed by atoms with Crippen LogP contribution in [0.25, 0.3) is 38.8 Å². The second-order valence-corrected chi connectivity index (χ2v) is 8.69.